The second kappa shape index (κ2) is 6.40. The number of carbonyl (C=O) groups excluding carboxylic acids is 1. The summed E-state index contributed by atoms with van der Waals surface area (Å²) in [7, 11) is 0. The van der Waals surface area contributed by atoms with E-state index in [0.717, 1.165) is 22.3 Å². The normalized spacial score (nSPS) is 10.3. The molecule has 23 heavy (non-hydrogen) atoms. The predicted octanol–water partition coefficient (Wildman–Crippen LogP) is 4.83. The third-order valence-corrected chi connectivity index (χ3v) is 3.45. The molecule has 0 saturated heterocycles. The molecule has 0 aliphatic rings. The van der Waals surface area contributed by atoms with Crippen molar-refractivity contribution in [2.45, 2.75) is 0 Å². The van der Waals surface area contributed by atoms with Crippen LogP contribution in [-0.2, 0) is 4.79 Å². The number of hydrogen-bond donors (Lipinski definition) is 0. The van der Waals surface area contributed by atoms with Crippen LogP contribution in [0.5, 0.6) is 5.75 Å². The third-order valence-electron chi connectivity index (χ3n) is 3.45. The highest BCUT2D eigenvalue weighted by atomic mass is 19.1. The molecule has 0 heterocycles. The van der Waals surface area contributed by atoms with Crippen molar-refractivity contribution in [3.8, 4) is 28.0 Å². The first-order valence-corrected chi connectivity index (χ1v) is 6.93. The molecule has 0 unspecified atom stereocenters. The Bertz CT molecular complexity index is 761. The van der Waals surface area contributed by atoms with E-state index >= 15 is 0 Å². The standard InChI is InChI=1S/C19H12F2O2/c20-17-5-1-13(2-6-17)15-9-16(11-19(10-15)23-12-22)14-3-7-18(21)8-4-14/h1-12H. The van der Waals surface area contributed by atoms with Crippen LogP contribution in [0.3, 0.4) is 0 Å². The summed E-state index contributed by atoms with van der Waals surface area (Å²) >= 11 is 0. The fraction of sp³-hybridized carbons (Fsp3) is 0. The number of ether oxygens (including phenoxy) is 1. The second-order valence-electron chi connectivity index (χ2n) is 4.97. The molecule has 0 aliphatic carbocycles. The molecule has 0 amide bonds. The van der Waals surface area contributed by atoms with E-state index < -0.39 is 0 Å². The van der Waals surface area contributed by atoms with E-state index in [1.807, 2.05) is 6.07 Å². The van der Waals surface area contributed by atoms with Crippen LogP contribution < -0.4 is 4.74 Å². The molecule has 0 aromatic heterocycles. The van der Waals surface area contributed by atoms with Gasteiger partial charge < -0.3 is 4.74 Å². The zero-order chi connectivity index (χ0) is 16.2. The molecule has 3 rings (SSSR count). The van der Waals surface area contributed by atoms with Crippen molar-refractivity contribution < 1.29 is 18.3 Å². The highest BCUT2D eigenvalue weighted by Crippen LogP contribution is 2.31. The number of halogens is 2. The van der Waals surface area contributed by atoms with Gasteiger partial charge >= 0.3 is 0 Å². The van der Waals surface area contributed by atoms with Gasteiger partial charge in [0.25, 0.3) is 6.47 Å². The minimum atomic E-state index is -0.326. The molecular formula is C19H12F2O2. The summed E-state index contributed by atoms with van der Waals surface area (Å²) < 4.78 is 31.1. The van der Waals surface area contributed by atoms with Crippen molar-refractivity contribution in [2.75, 3.05) is 0 Å². The van der Waals surface area contributed by atoms with E-state index in [0.29, 0.717) is 12.2 Å². The van der Waals surface area contributed by atoms with Crippen LogP contribution in [0.1, 0.15) is 0 Å². The maximum absolute atomic E-state index is 13.1. The Balaban J connectivity index is 2.10. The lowest BCUT2D eigenvalue weighted by atomic mass is 9.98. The van der Waals surface area contributed by atoms with Crippen LogP contribution in [0.2, 0.25) is 0 Å². The average Bonchev–Trinajstić information content (AvgIpc) is 2.56. The molecule has 4 heteroatoms. The van der Waals surface area contributed by atoms with Crippen molar-refractivity contribution in [2.24, 2.45) is 0 Å². The Kier molecular flexibility index (Phi) is 4.15. The van der Waals surface area contributed by atoms with E-state index in [2.05, 4.69) is 0 Å². The van der Waals surface area contributed by atoms with Gasteiger partial charge in [0.2, 0.25) is 0 Å². The van der Waals surface area contributed by atoms with E-state index in [9.17, 15) is 13.6 Å². The lowest BCUT2D eigenvalue weighted by molar-refractivity contribution is -0.120. The minimum Gasteiger partial charge on any atom is -0.429 e. The number of hydrogen-bond acceptors (Lipinski definition) is 2. The SMILES string of the molecule is O=COc1cc(-c2ccc(F)cc2)cc(-c2ccc(F)cc2)c1. The van der Waals surface area contributed by atoms with Gasteiger partial charge in [-0.05, 0) is 64.7 Å². The molecule has 0 fully saturated rings. The van der Waals surface area contributed by atoms with Gasteiger partial charge in [-0.15, -0.1) is 0 Å². The maximum atomic E-state index is 13.1. The van der Waals surface area contributed by atoms with Gasteiger partial charge in [-0.2, -0.15) is 0 Å². The quantitative estimate of drug-likeness (QED) is 0.645. The average molecular weight is 310 g/mol. The van der Waals surface area contributed by atoms with Gasteiger partial charge in [0.1, 0.15) is 17.4 Å². The molecule has 2 nitrogen and oxygen atoms in total. The first-order chi connectivity index (χ1) is 11.2. The predicted molar refractivity (Wildman–Crippen MR) is 83.9 cm³/mol. The Morgan fingerprint density at radius 3 is 1.48 bits per heavy atom. The van der Waals surface area contributed by atoms with Crippen LogP contribution in [0.15, 0.2) is 66.7 Å². The molecule has 0 atom stereocenters. The van der Waals surface area contributed by atoms with Crippen LogP contribution >= 0.6 is 0 Å². The van der Waals surface area contributed by atoms with Gasteiger partial charge in [0.05, 0.1) is 0 Å². The largest absolute Gasteiger partial charge is 0.429 e. The summed E-state index contributed by atoms with van der Waals surface area (Å²) in [6.45, 7) is 0.345. The van der Waals surface area contributed by atoms with Crippen LogP contribution in [0.25, 0.3) is 22.3 Å². The fourth-order valence-electron chi connectivity index (χ4n) is 2.34. The van der Waals surface area contributed by atoms with E-state index in [4.69, 9.17) is 4.74 Å². The van der Waals surface area contributed by atoms with Crippen molar-refractivity contribution in [3.63, 3.8) is 0 Å². The minimum absolute atomic E-state index is 0.326. The first kappa shape index (κ1) is 14.9. The summed E-state index contributed by atoms with van der Waals surface area (Å²) in [6.07, 6.45) is 0. The first-order valence-electron chi connectivity index (χ1n) is 6.93. The van der Waals surface area contributed by atoms with Crippen molar-refractivity contribution in [1.29, 1.82) is 0 Å². The smallest absolute Gasteiger partial charge is 0.298 e. The lowest BCUT2D eigenvalue weighted by Gasteiger charge is -2.09. The molecule has 114 valence electrons. The second-order valence-corrected chi connectivity index (χ2v) is 4.97. The monoisotopic (exact) mass is 310 g/mol. The summed E-state index contributed by atoms with van der Waals surface area (Å²) in [5, 5.41) is 0. The number of carbonyl (C=O) groups is 1. The Morgan fingerprint density at radius 1 is 0.652 bits per heavy atom. The van der Waals surface area contributed by atoms with Crippen LogP contribution in [0, 0.1) is 11.6 Å². The molecule has 0 aliphatic heterocycles. The van der Waals surface area contributed by atoms with Gasteiger partial charge in [0, 0.05) is 0 Å². The van der Waals surface area contributed by atoms with Crippen LogP contribution in [-0.4, -0.2) is 6.47 Å². The van der Waals surface area contributed by atoms with Gasteiger partial charge in [-0.25, -0.2) is 8.78 Å². The highest BCUT2D eigenvalue weighted by Gasteiger charge is 2.07. The number of benzene rings is 3. The molecular weight excluding hydrogens is 298 g/mol. The van der Waals surface area contributed by atoms with Crippen molar-refractivity contribution >= 4 is 6.47 Å². The highest BCUT2D eigenvalue weighted by molar-refractivity contribution is 5.75. The maximum Gasteiger partial charge on any atom is 0.298 e. The molecule has 0 spiro atoms. The molecule has 0 radical (unpaired) electrons. The number of rotatable bonds is 4. The van der Waals surface area contributed by atoms with Crippen molar-refractivity contribution in [3.05, 3.63) is 78.4 Å². The molecule has 0 N–H and O–H groups in total. The molecule has 3 aromatic carbocycles. The summed E-state index contributed by atoms with van der Waals surface area (Å²) in [4.78, 5) is 10.6. The Hall–Kier alpha value is -3.01. The van der Waals surface area contributed by atoms with E-state index in [1.54, 1.807) is 36.4 Å². The fourth-order valence-corrected chi connectivity index (χ4v) is 2.34. The molecule has 0 saturated carbocycles. The third kappa shape index (κ3) is 3.43. The van der Waals surface area contributed by atoms with Gasteiger partial charge in [-0.3, -0.25) is 4.79 Å². The van der Waals surface area contributed by atoms with Gasteiger partial charge in [-0.1, -0.05) is 24.3 Å². The molecule has 3 aromatic rings. The molecule has 0 bridgehead atoms. The Labute approximate surface area is 132 Å². The van der Waals surface area contributed by atoms with Crippen molar-refractivity contribution in [1.82, 2.24) is 0 Å². The Morgan fingerprint density at radius 2 is 1.09 bits per heavy atom. The van der Waals surface area contributed by atoms with Gasteiger partial charge in [0.15, 0.2) is 0 Å². The summed E-state index contributed by atoms with van der Waals surface area (Å²) in [5.41, 5.74) is 3.10. The zero-order valence-corrected chi connectivity index (χ0v) is 12.0. The topological polar surface area (TPSA) is 26.3 Å². The van der Waals surface area contributed by atoms with E-state index in [1.165, 1.54) is 24.3 Å². The lowest BCUT2D eigenvalue weighted by Crippen LogP contribution is -1.91. The summed E-state index contributed by atoms with van der Waals surface area (Å²) in [5.74, 6) is -0.290. The van der Waals surface area contributed by atoms with Crippen LogP contribution in [0.4, 0.5) is 8.78 Å². The zero-order valence-electron chi connectivity index (χ0n) is 12.0. The van der Waals surface area contributed by atoms with E-state index in [-0.39, 0.29) is 11.6 Å². The summed E-state index contributed by atoms with van der Waals surface area (Å²) in [6, 6.07) is 17.3.